The maximum atomic E-state index is 13.1. The van der Waals surface area contributed by atoms with Gasteiger partial charge >= 0.3 is 0 Å². The van der Waals surface area contributed by atoms with Crippen molar-refractivity contribution in [2.24, 2.45) is 5.92 Å². The zero-order valence-electron chi connectivity index (χ0n) is 12.4. The van der Waals surface area contributed by atoms with E-state index in [1.54, 1.807) is 12.1 Å². The quantitative estimate of drug-likeness (QED) is 0.812. The van der Waals surface area contributed by atoms with Crippen LogP contribution >= 0.6 is 0 Å². The minimum atomic E-state index is -0.161. The first-order valence-electron chi connectivity index (χ1n) is 7.78. The van der Waals surface area contributed by atoms with E-state index in [1.165, 1.54) is 24.0 Å². The van der Waals surface area contributed by atoms with E-state index in [4.69, 9.17) is 0 Å². The Bertz CT molecular complexity index is 560. The third kappa shape index (κ3) is 3.70. The van der Waals surface area contributed by atoms with Crippen LogP contribution in [-0.4, -0.2) is 6.54 Å². The van der Waals surface area contributed by atoms with Gasteiger partial charge in [0, 0.05) is 12.6 Å². The normalized spacial score (nSPS) is 17.4. The Labute approximate surface area is 126 Å². The molecule has 0 saturated heterocycles. The van der Waals surface area contributed by atoms with Crippen molar-refractivity contribution in [1.82, 2.24) is 5.32 Å². The third-order valence-electron chi connectivity index (χ3n) is 4.34. The molecule has 1 fully saturated rings. The summed E-state index contributed by atoms with van der Waals surface area (Å²) in [6, 6.07) is 17.9. The monoisotopic (exact) mass is 283 g/mol. The van der Waals surface area contributed by atoms with Gasteiger partial charge in [-0.15, -0.1) is 0 Å². The molecule has 0 spiro atoms. The molecule has 0 radical (unpaired) electrons. The van der Waals surface area contributed by atoms with Crippen LogP contribution < -0.4 is 5.32 Å². The molecule has 1 N–H and O–H groups in total. The predicted octanol–water partition coefficient (Wildman–Crippen LogP) is 4.67. The summed E-state index contributed by atoms with van der Waals surface area (Å²) < 4.78 is 13.1. The predicted molar refractivity (Wildman–Crippen MR) is 84.7 cm³/mol. The van der Waals surface area contributed by atoms with E-state index >= 15 is 0 Å². The fourth-order valence-corrected chi connectivity index (χ4v) is 2.86. The molecule has 110 valence electrons. The zero-order chi connectivity index (χ0) is 14.7. The van der Waals surface area contributed by atoms with Gasteiger partial charge in [0.25, 0.3) is 0 Å². The Kier molecular flexibility index (Phi) is 4.35. The lowest BCUT2D eigenvalue weighted by Gasteiger charge is -2.22. The Balaban J connectivity index is 1.65. The maximum Gasteiger partial charge on any atom is 0.123 e. The summed E-state index contributed by atoms with van der Waals surface area (Å²) in [7, 11) is 0. The van der Waals surface area contributed by atoms with Crippen molar-refractivity contribution in [3.05, 3.63) is 71.5 Å². The smallest absolute Gasteiger partial charge is 0.123 e. The van der Waals surface area contributed by atoms with Crippen molar-refractivity contribution < 1.29 is 4.39 Å². The molecule has 0 aromatic heterocycles. The molecule has 2 atom stereocenters. The molecule has 2 heteroatoms. The molecule has 1 aliphatic carbocycles. The number of hydrogen-bond donors (Lipinski definition) is 1. The van der Waals surface area contributed by atoms with Crippen molar-refractivity contribution in [3.8, 4) is 0 Å². The average Bonchev–Trinajstić information content (AvgIpc) is 3.35. The van der Waals surface area contributed by atoms with E-state index in [-0.39, 0.29) is 5.82 Å². The zero-order valence-corrected chi connectivity index (χ0v) is 12.4. The molecule has 2 aromatic rings. The van der Waals surface area contributed by atoms with E-state index in [9.17, 15) is 4.39 Å². The number of halogens is 1. The van der Waals surface area contributed by atoms with Crippen LogP contribution in [0.5, 0.6) is 0 Å². The molecule has 1 aliphatic rings. The van der Waals surface area contributed by atoms with Gasteiger partial charge in [0.05, 0.1) is 0 Å². The number of hydrogen-bond acceptors (Lipinski definition) is 1. The lowest BCUT2D eigenvalue weighted by Crippen LogP contribution is -2.27. The van der Waals surface area contributed by atoms with Gasteiger partial charge in [0.1, 0.15) is 5.82 Å². The van der Waals surface area contributed by atoms with Crippen LogP contribution in [0, 0.1) is 11.7 Å². The molecule has 0 aliphatic heterocycles. The van der Waals surface area contributed by atoms with Gasteiger partial charge in [-0.2, -0.15) is 0 Å². The van der Waals surface area contributed by atoms with Crippen LogP contribution in [0.15, 0.2) is 54.6 Å². The van der Waals surface area contributed by atoms with Gasteiger partial charge in [-0.3, -0.25) is 0 Å². The van der Waals surface area contributed by atoms with E-state index in [0.29, 0.717) is 17.9 Å². The molecule has 0 heterocycles. The highest BCUT2D eigenvalue weighted by molar-refractivity contribution is 5.23. The van der Waals surface area contributed by atoms with Gasteiger partial charge in [-0.1, -0.05) is 49.4 Å². The van der Waals surface area contributed by atoms with E-state index in [2.05, 4.69) is 42.6 Å². The van der Waals surface area contributed by atoms with Gasteiger partial charge in [0.2, 0.25) is 0 Å². The minimum Gasteiger partial charge on any atom is -0.309 e. The molecule has 3 rings (SSSR count). The highest BCUT2D eigenvalue weighted by Gasteiger charge is 2.32. The van der Waals surface area contributed by atoms with Gasteiger partial charge in [-0.25, -0.2) is 4.39 Å². The molecule has 2 unspecified atom stereocenters. The summed E-state index contributed by atoms with van der Waals surface area (Å²) in [5.74, 6) is 1.03. The van der Waals surface area contributed by atoms with Crippen molar-refractivity contribution in [1.29, 1.82) is 0 Å². The van der Waals surface area contributed by atoms with Crippen LogP contribution in [0.1, 0.15) is 42.9 Å². The molecular weight excluding hydrogens is 261 g/mol. The number of nitrogens with one attached hydrogen (secondary N) is 1. The highest BCUT2D eigenvalue weighted by Crippen LogP contribution is 2.41. The number of rotatable bonds is 6. The summed E-state index contributed by atoms with van der Waals surface area (Å²) in [6.07, 6.45) is 2.55. The topological polar surface area (TPSA) is 12.0 Å². The van der Waals surface area contributed by atoms with Gasteiger partial charge < -0.3 is 5.32 Å². The SMILES string of the molecule is CC(CNC(c1ccc(F)cc1)C1CC1)c1ccccc1. The Morgan fingerprint density at radius 1 is 1.00 bits per heavy atom. The fraction of sp³-hybridized carbons (Fsp3) is 0.368. The summed E-state index contributed by atoms with van der Waals surface area (Å²) in [5, 5.41) is 3.69. The van der Waals surface area contributed by atoms with E-state index in [0.717, 1.165) is 6.54 Å². The van der Waals surface area contributed by atoms with E-state index < -0.39 is 0 Å². The molecule has 1 saturated carbocycles. The highest BCUT2D eigenvalue weighted by atomic mass is 19.1. The van der Waals surface area contributed by atoms with Crippen LogP contribution in [0.3, 0.4) is 0 Å². The summed E-state index contributed by atoms with van der Waals surface area (Å²) in [4.78, 5) is 0. The lowest BCUT2D eigenvalue weighted by atomic mass is 9.98. The Morgan fingerprint density at radius 3 is 2.29 bits per heavy atom. The second-order valence-electron chi connectivity index (χ2n) is 6.09. The molecule has 21 heavy (non-hydrogen) atoms. The van der Waals surface area contributed by atoms with Crippen LogP contribution in [0.4, 0.5) is 4.39 Å². The fourth-order valence-electron chi connectivity index (χ4n) is 2.86. The minimum absolute atomic E-state index is 0.161. The lowest BCUT2D eigenvalue weighted by molar-refractivity contribution is 0.462. The van der Waals surface area contributed by atoms with Crippen LogP contribution in [0.25, 0.3) is 0 Å². The second-order valence-corrected chi connectivity index (χ2v) is 6.09. The molecule has 2 aromatic carbocycles. The second kappa shape index (κ2) is 6.40. The van der Waals surface area contributed by atoms with Gasteiger partial charge in [-0.05, 0) is 47.9 Å². The third-order valence-corrected chi connectivity index (χ3v) is 4.34. The molecule has 0 amide bonds. The standard InChI is InChI=1S/C19H22FN/c1-14(15-5-3-2-4-6-15)13-21-19(16-7-8-16)17-9-11-18(20)12-10-17/h2-6,9-12,14,16,19,21H,7-8,13H2,1H3. The summed E-state index contributed by atoms with van der Waals surface area (Å²) in [5.41, 5.74) is 2.57. The van der Waals surface area contributed by atoms with Crippen molar-refractivity contribution in [2.45, 2.75) is 31.7 Å². The van der Waals surface area contributed by atoms with Crippen LogP contribution in [0.2, 0.25) is 0 Å². The van der Waals surface area contributed by atoms with Crippen LogP contribution in [-0.2, 0) is 0 Å². The van der Waals surface area contributed by atoms with Crippen molar-refractivity contribution in [3.63, 3.8) is 0 Å². The van der Waals surface area contributed by atoms with Crippen molar-refractivity contribution >= 4 is 0 Å². The first-order chi connectivity index (χ1) is 10.2. The molecule has 0 bridgehead atoms. The van der Waals surface area contributed by atoms with Gasteiger partial charge in [0.15, 0.2) is 0 Å². The summed E-state index contributed by atoms with van der Waals surface area (Å²) in [6.45, 7) is 3.19. The first kappa shape index (κ1) is 14.3. The summed E-state index contributed by atoms with van der Waals surface area (Å²) >= 11 is 0. The largest absolute Gasteiger partial charge is 0.309 e. The number of benzene rings is 2. The Morgan fingerprint density at radius 2 is 1.67 bits per heavy atom. The first-order valence-corrected chi connectivity index (χ1v) is 7.78. The molecule has 1 nitrogen and oxygen atoms in total. The maximum absolute atomic E-state index is 13.1. The Hall–Kier alpha value is -1.67. The average molecular weight is 283 g/mol. The van der Waals surface area contributed by atoms with Crippen molar-refractivity contribution in [2.75, 3.05) is 6.54 Å². The molecular formula is C19H22FN. The van der Waals surface area contributed by atoms with E-state index in [1.807, 2.05) is 12.1 Å².